The molecule has 1 unspecified atom stereocenters. The molecule has 2 rings (SSSR count). The standard InChI is InChI=1S/C16H25NO2/c1-16(2)15(17-11-7-4-8-12-18-3)13-9-5-6-10-14(13)19-16/h5-6,9-10,15,17H,4,7-8,11-12H2,1-3H3. The van der Waals surface area contributed by atoms with Gasteiger partial charge in [-0.3, -0.25) is 0 Å². The summed E-state index contributed by atoms with van der Waals surface area (Å²) >= 11 is 0. The summed E-state index contributed by atoms with van der Waals surface area (Å²) in [6.45, 7) is 6.18. The topological polar surface area (TPSA) is 30.5 Å². The van der Waals surface area contributed by atoms with Gasteiger partial charge in [0.25, 0.3) is 0 Å². The van der Waals surface area contributed by atoms with E-state index in [0.29, 0.717) is 0 Å². The van der Waals surface area contributed by atoms with Crippen molar-refractivity contribution in [3.05, 3.63) is 29.8 Å². The predicted molar refractivity (Wildman–Crippen MR) is 77.6 cm³/mol. The van der Waals surface area contributed by atoms with Gasteiger partial charge in [0.1, 0.15) is 11.4 Å². The van der Waals surface area contributed by atoms with Crippen molar-refractivity contribution in [1.82, 2.24) is 5.32 Å². The Morgan fingerprint density at radius 1 is 1.21 bits per heavy atom. The Balaban J connectivity index is 1.85. The highest BCUT2D eigenvalue weighted by atomic mass is 16.5. The van der Waals surface area contributed by atoms with Crippen molar-refractivity contribution >= 4 is 0 Å². The third kappa shape index (κ3) is 3.48. The fourth-order valence-electron chi connectivity index (χ4n) is 2.68. The number of benzene rings is 1. The molecule has 0 aliphatic carbocycles. The van der Waals surface area contributed by atoms with E-state index in [1.165, 1.54) is 18.4 Å². The molecule has 19 heavy (non-hydrogen) atoms. The largest absolute Gasteiger partial charge is 0.486 e. The van der Waals surface area contributed by atoms with E-state index in [4.69, 9.17) is 9.47 Å². The molecule has 1 heterocycles. The van der Waals surface area contributed by atoms with Crippen molar-refractivity contribution in [3.8, 4) is 5.75 Å². The van der Waals surface area contributed by atoms with Gasteiger partial charge in [-0.1, -0.05) is 18.2 Å². The number of hydrogen-bond acceptors (Lipinski definition) is 3. The maximum atomic E-state index is 6.02. The van der Waals surface area contributed by atoms with Crippen LogP contribution >= 0.6 is 0 Å². The summed E-state index contributed by atoms with van der Waals surface area (Å²) in [6.07, 6.45) is 3.52. The Labute approximate surface area is 116 Å². The Bertz CT molecular complexity index is 403. The molecule has 0 saturated heterocycles. The summed E-state index contributed by atoms with van der Waals surface area (Å²) in [6, 6.07) is 8.61. The summed E-state index contributed by atoms with van der Waals surface area (Å²) in [7, 11) is 1.76. The van der Waals surface area contributed by atoms with Gasteiger partial charge in [0.2, 0.25) is 0 Å². The van der Waals surface area contributed by atoms with Gasteiger partial charge < -0.3 is 14.8 Å². The molecule has 0 fully saturated rings. The molecular weight excluding hydrogens is 238 g/mol. The Morgan fingerprint density at radius 3 is 2.79 bits per heavy atom. The normalized spacial score (nSPS) is 20.1. The minimum Gasteiger partial charge on any atom is -0.486 e. The predicted octanol–water partition coefficient (Wildman–Crippen LogP) is 3.31. The molecular formula is C16H25NO2. The molecule has 0 radical (unpaired) electrons. The van der Waals surface area contributed by atoms with Crippen LogP contribution in [0.15, 0.2) is 24.3 Å². The smallest absolute Gasteiger partial charge is 0.125 e. The van der Waals surface area contributed by atoms with Gasteiger partial charge in [0, 0.05) is 19.3 Å². The van der Waals surface area contributed by atoms with Gasteiger partial charge >= 0.3 is 0 Å². The molecule has 106 valence electrons. The SMILES string of the molecule is COCCCCCNC1c2ccccc2OC1(C)C. The van der Waals surface area contributed by atoms with Gasteiger partial charge in [-0.25, -0.2) is 0 Å². The highest BCUT2D eigenvalue weighted by Crippen LogP contribution is 2.42. The fraction of sp³-hybridized carbons (Fsp3) is 0.625. The molecule has 1 N–H and O–H groups in total. The minimum atomic E-state index is -0.170. The van der Waals surface area contributed by atoms with Crippen molar-refractivity contribution in [3.63, 3.8) is 0 Å². The number of fused-ring (bicyclic) bond motifs is 1. The van der Waals surface area contributed by atoms with E-state index in [-0.39, 0.29) is 11.6 Å². The lowest BCUT2D eigenvalue weighted by atomic mass is 9.94. The first-order valence-electron chi connectivity index (χ1n) is 7.15. The minimum absolute atomic E-state index is 0.170. The van der Waals surface area contributed by atoms with Crippen LogP contribution in [-0.2, 0) is 4.74 Å². The molecule has 0 bridgehead atoms. The summed E-state index contributed by atoms with van der Waals surface area (Å²) in [5, 5.41) is 3.64. The van der Waals surface area contributed by atoms with E-state index < -0.39 is 0 Å². The highest BCUT2D eigenvalue weighted by Gasteiger charge is 2.40. The summed E-state index contributed by atoms with van der Waals surface area (Å²) < 4.78 is 11.1. The average Bonchev–Trinajstić information content (AvgIpc) is 2.64. The van der Waals surface area contributed by atoms with Crippen LogP contribution < -0.4 is 10.1 Å². The lowest BCUT2D eigenvalue weighted by molar-refractivity contribution is 0.0962. The van der Waals surface area contributed by atoms with E-state index in [1.807, 2.05) is 6.07 Å². The second-order valence-corrected chi connectivity index (χ2v) is 5.68. The number of unbranched alkanes of at least 4 members (excludes halogenated alkanes) is 2. The van der Waals surface area contributed by atoms with Gasteiger partial charge in [0.15, 0.2) is 0 Å². The van der Waals surface area contributed by atoms with Crippen LogP contribution in [0.3, 0.4) is 0 Å². The number of nitrogens with one attached hydrogen (secondary N) is 1. The average molecular weight is 263 g/mol. The van der Waals surface area contributed by atoms with Crippen LogP contribution in [0.25, 0.3) is 0 Å². The van der Waals surface area contributed by atoms with Crippen molar-refractivity contribution in [2.24, 2.45) is 0 Å². The lowest BCUT2D eigenvalue weighted by Crippen LogP contribution is -2.39. The maximum Gasteiger partial charge on any atom is 0.125 e. The zero-order valence-electron chi connectivity index (χ0n) is 12.2. The van der Waals surface area contributed by atoms with Gasteiger partial charge in [-0.2, -0.15) is 0 Å². The van der Waals surface area contributed by atoms with E-state index in [2.05, 4.69) is 37.4 Å². The van der Waals surface area contributed by atoms with Crippen LogP contribution in [0, 0.1) is 0 Å². The number of rotatable bonds is 7. The molecule has 1 aliphatic rings. The second kappa shape index (κ2) is 6.40. The molecule has 1 aromatic rings. The fourth-order valence-corrected chi connectivity index (χ4v) is 2.68. The molecule has 1 aromatic carbocycles. The molecule has 3 nitrogen and oxygen atoms in total. The van der Waals surface area contributed by atoms with Crippen LogP contribution in [0.5, 0.6) is 5.75 Å². The van der Waals surface area contributed by atoms with E-state index >= 15 is 0 Å². The Morgan fingerprint density at radius 2 is 2.00 bits per heavy atom. The van der Waals surface area contributed by atoms with E-state index in [0.717, 1.165) is 25.3 Å². The van der Waals surface area contributed by atoms with Gasteiger partial charge in [-0.05, 0) is 45.7 Å². The zero-order chi connectivity index (χ0) is 13.7. The molecule has 0 saturated carbocycles. The Kier molecular flexibility index (Phi) is 4.83. The van der Waals surface area contributed by atoms with E-state index in [9.17, 15) is 0 Å². The summed E-state index contributed by atoms with van der Waals surface area (Å²) in [5.41, 5.74) is 1.11. The second-order valence-electron chi connectivity index (χ2n) is 5.68. The first-order valence-corrected chi connectivity index (χ1v) is 7.15. The summed E-state index contributed by atoms with van der Waals surface area (Å²) in [5.74, 6) is 1.02. The summed E-state index contributed by atoms with van der Waals surface area (Å²) in [4.78, 5) is 0. The molecule has 3 heteroatoms. The van der Waals surface area contributed by atoms with Crippen LogP contribution in [-0.4, -0.2) is 25.9 Å². The number of para-hydroxylation sites is 1. The van der Waals surface area contributed by atoms with E-state index in [1.54, 1.807) is 7.11 Å². The van der Waals surface area contributed by atoms with Crippen molar-refractivity contribution in [2.45, 2.75) is 44.8 Å². The van der Waals surface area contributed by atoms with Gasteiger partial charge in [0.05, 0.1) is 6.04 Å². The monoisotopic (exact) mass is 263 g/mol. The number of hydrogen-bond donors (Lipinski definition) is 1. The third-order valence-electron chi connectivity index (χ3n) is 3.67. The molecule has 0 aromatic heterocycles. The number of ether oxygens (including phenoxy) is 2. The van der Waals surface area contributed by atoms with Crippen molar-refractivity contribution in [1.29, 1.82) is 0 Å². The first-order chi connectivity index (χ1) is 9.15. The van der Waals surface area contributed by atoms with Gasteiger partial charge in [-0.15, -0.1) is 0 Å². The van der Waals surface area contributed by atoms with Crippen LogP contribution in [0.1, 0.15) is 44.7 Å². The van der Waals surface area contributed by atoms with Crippen molar-refractivity contribution in [2.75, 3.05) is 20.3 Å². The third-order valence-corrected chi connectivity index (χ3v) is 3.67. The molecule has 1 aliphatic heterocycles. The molecule has 1 atom stereocenters. The Hall–Kier alpha value is -1.06. The molecule has 0 spiro atoms. The van der Waals surface area contributed by atoms with Crippen LogP contribution in [0.4, 0.5) is 0 Å². The maximum absolute atomic E-state index is 6.02. The zero-order valence-corrected chi connectivity index (χ0v) is 12.2. The van der Waals surface area contributed by atoms with Crippen molar-refractivity contribution < 1.29 is 9.47 Å². The molecule has 0 amide bonds. The number of methoxy groups -OCH3 is 1. The van der Waals surface area contributed by atoms with Crippen LogP contribution in [0.2, 0.25) is 0 Å². The first kappa shape index (κ1) is 14.4. The lowest BCUT2D eigenvalue weighted by Gasteiger charge is -2.27. The quantitative estimate of drug-likeness (QED) is 0.766. The highest BCUT2D eigenvalue weighted by molar-refractivity contribution is 5.42.